The van der Waals surface area contributed by atoms with Crippen LogP contribution in [0.4, 0.5) is 4.39 Å². The molecule has 4 nitrogen and oxygen atoms in total. The summed E-state index contributed by atoms with van der Waals surface area (Å²) in [5.41, 5.74) is 3.05. The fourth-order valence-corrected chi connectivity index (χ4v) is 4.33. The van der Waals surface area contributed by atoms with Crippen LogP contribution in [0.15, 0.2) is 59.1 Å². The molecule has 0 atom stereocenters. The number of benzene rings is 2. The van der Waals surface area contributed by atoms with Gasteiger partial charge >= 0.3 is 0 Å². The minimum absolute atomic E-state index is 0.253. The topological polar surface area (TPSA) is 39.4 Å². The van der Waals surface area contributed by atoms with Crippen molar-refractivity contribution in [3.8, 4) is 17.0 Å². The number of hydrogen-bond acceptors (Lipinski definition) is 5. The second-order valence-electron chi connectivity index (χ2n) is 5.35. The molecule has 2 heterocycles. The lowest BCUT2D eigenvalue weighted by atomic mass is 10.2. The number of aromatic nitrogens is 3. The van der Waals surface area contributed by atoms with Crippen molar-refractivity contribution in [2.24, 2.45) is 0 Å². The van der Waals surface area contributed by atoms with Crippen LogP contribution in [0.5, 0.6) is 5.75 Å². The third-order valence-corrected chi connectivity index (χ3v) is 5.59. The van der Waals surface area contributed by atoms with E-state index in [2.05, 4.69) is 27.7 Å². The molecule has 0 unspecified atom stereocenters. The number of nitrogens with zero attached hydrogens (tertiary/aromatic N) is 3. The predicted octanol–water partition coefficient (Wildman–Crippen LogP) is 4.90. The van der Waals surface area contributed by atoms with Crippen LogP contribution in [0.3, 0.4) is 0 Å². The fourth-order valence-electron chi connectivity index (χ4n) is 2.55. The van der Waals surface area contributed by atoms with Crippen molar-refractivity contribution in [3.63, 3.8) is 0 Å². The zero-order valence-corrected chi connectivity index (χ0v) is 15.0. The fraction of sp³-hybridized carbons (Fsp3) is 0.111. The number of thioether (sulfide) groups is 1. The van der Waals surface area contributed by atoms with Crippen molar-refractivity contribution >= 4 is 28.1 Å². The summed E-state index contributed by atoms with van der Waals surface area (Å²) in [5.74, 6) is 0.501. The van der Waals surface area contributed by atoms with E-state index in [0.717, 1.165) is 26.9 Å². The Labute approximate surface area is 152 Å². The van der Waals surface area contributed by atoms with Crippen LogP contribution >= 0.6 is 23.1 Å². The van der Waals surface area contributed by atoms with Gasteiger partial charge in [0.05, 0.1) is 12.8 Å². The molecular formula is C18H14FN3OS2. The summed E-state index contributed by atoms with van der Waals surface area (Å²) in [6.07, 6.45) is 0. The van der Waals surface area contributed by atoms with Crippen LogP contribution in [-0.4, -0.2) is 21.7 Å². The molecule has 0 amide bonds. The van der Waals surface area contributed by atoms with E-state index in [4.69, 9.17) is 4.74 Å². The first-order valence-electron chi connectivity index (χ1n) is 7.59. The molecule has 0 aliphatic heterocycles. The molecule has 0 aliphatic carbocycles. The molecule has 126 valence electrons. The monoisotopic (exact) mass is 371 g/mol. The standard InChI is InChI=1S/C18H14FN3OS2/c1-23-16-8-7-12(9-14(16)19)10-24-17-20-21-18-22(17)15(11-25-18)13-5-3-2-4-6-13/h2-9,11H,10H2,1H3. The first kappa shape index (κ1) is 16.1. The Hall–Kier alpha value is -2.38. The molecule has 25 heavy (non-hydrogen) atoms. The van der Waals surface area contributed by atoms with E-state index in [1.54, 1.807) is 17.4 Å². The summed E-state index contributed by atoms with van der Waals surface area (Å²) in [6, 6.07) is 15.1. The normalized spacial score (nSPS) is 11.1. The summed E-state index contributed by atoms with van der Waals surface area (Å²) in [4.78, 5) is 0.849. The number of halogens is 1. The van der Waals surface area contributed by atoms with Crippen molar-refractivity contribution in [2.45, 2.75) is 10.9 Å². The highest BCUT2D eigenvalue weighted by Gasteiger charge is 2.14. The maximum absolute atomic E-state index is 13.8. The maximum Gasteiger partial charge on any atom is 0.217 e. The Balaban J connectivity index is 1.62. The quantitative estimate of drug-likeness (QED) is 0.468. The van der Waals surface area contributed by atoms with Crippen LogP contribution in [-0.2, 0) is 5.75 Å². The molecule has 0 saturated heterocycles. The molecule has 0 spiro atoms. The number of rotatable bonds is 5. The van der Waals surface area contributed by atoms with Gasteiger partial charge in [0.25, 0.3) is 0 Å². The molecular weight excluding hydrogens is 357 g/mol. The highest BCUT2D eigenvalue weighted by molar-refractivity contribution is 7.98. The van der Waals surface area contributed by atoms with Gasteiger partial charge in [0, 0.05) is 11.1 Å². The predicted molar refractivity (Wildman–Crippen MR) is 98.8 cm³/mol. The smallest absolute Gasteiger partial charge is 0.217 e. The highest BCUT2D eigenvalue weighted by Crippen LogP contribution is 2.31. The molecule has 0 bridgehead atoms. The van der Waals surface area contributed by atoms with E-state index in [0.29, 0.717) is 5.75 Å². The number of thiazole rings is 1. The van der Waals surface area contributed by atoms with Gasteiger partial charge in [0.1, 0.15) is 0 Å². The van der Waals surface area contributed by atoms with Crippen LogP contribution in [0.2, 0.25) is 0 Å². The van der Waals surface area contributed by atoms with Crippen molar-refractivity contribution in [1.29, 1.82) is 0 Å². The van der Waals surface area contributed by atoms with Gasteiger partial charge in [0.15, 0.2) is 16.7 Å². The van der Waals surface area contributed by atoms with E-state index >= 15 is 0 Å². The Morgan fingerprint density at radius 1 is 1.16 bits per heavy atom. The molecule has 0 saturated carbocycles. The average molecular weight is 371 g/mol. The Morgan fingerprint density at radius 3 is 2.76 bits per heavy atom. The number of fused-ring (bicyclic) bond motifs is 1. The summed E-state index contributed by atoms with van der Waals surface area (Å²) >= 11 is 3.09. The molecule has 4 aromatic rings. The third-order valence-electron chi connectivity index (χ3n) is 3.77. The van der Waals surface area contributed by atoms with Crippen molar-refractivity contribution < 1.29 is 9.13 Å². The summed E-state index contributed by atoms with van der Waals surface area (Å²) in [5, 5.41) is 11.4. The van der Waals surface area contributed by atoms with Gasteiger partial charge in [0.2, 0.25) is 4.96 Å². The molecule has 7 heteroatoms. The number of methoxy groups -OCH3 is 1. The molecule has 4 rings (SSSR count). The highest BCUT2D eigenvalue weighted by atomic mass is 32.2. The zero-order valence-electron chi connectivity index (χ0n) is 13.3. The second kappa shape index (κ2) is 6.85. The van der Waals surface area contributed by atoms with Gasteiger partial charge in [-0.2, -0.15) is 0 Å². The molecule has 2 aromatic heterocycles. The summed E-state index contributed by atoms with van der Waals surface area (Å²) in [7, 11) is 1.46. The van der Waals surface area contributed by atoms with E-state index in [1.165, 1.54) is 24.9 Å². The SMILES string of the molecule is COc1ccc(CSc2nnc3scc(-c4ccccc4)n23)cc1F. The Morgan fingerprint density at radius 2 is 2.00 bits per heavy atom. The molecule has 2 aromatic carbocycles. The second-order valence-corrected chi connectivity index (χ2v) is 7.12. The van der Waals surface area contributed by atoms with E-state index < -0.39 is 0 Å². The molecule has 0 N–H and O–H groups in total. The lowest BCUT2D eigenvalue weighted by Gasteiger charge is -2.05. The largest absolute Gasteiger partial charge is 0.494 e. The van der Waals surface area contributed by atoms with Crippen LogP contribution in [0, 0.1) is 5.82 Å². The van der Waals surface area contributed by atoms with Gasteiger partial charge < -0.3 is 4.74 Å². The van der Waals surface area contributed by atoms with Gasteiger partial charge in [-0.15, -0.1) is 21.5 Å². The van der Waals surface area contributed by atoms with Crippen molar-refractivity contribution in [2.75, 3.05) is 7.11 Å². The van der Waals surface area contributed by atoms with Gasteiger partial charge in [-0.25, -0.2) is 4.39 Å². The molecule has 0 aliphatic rings. The van der Waals surface area contributed by atoms with Crippen LogP contribution in [0.25, 0.3) is 16.2 Å². The minimum Gasteiger partial charge on any atom is -0.494 e. The minimum atomic E-state index is -0.354. The lowest BCUT2D eigenvalue weighted by Crippen LogP contribution is -1.92. The van der Waals surface area contributed by atoms with Crippen LogP contribution < -0.4 is 4.74 Å². The van der Waals surface area contributed by atoms with Gasteiger partial charge in [-0.3, -0.25) is 4.40 Å². The Kier molecular flexibility index (Phi) is 4.42. The average Bonchev–Trinajstić information content (AvgIpc) is 3.23. The van der Waals surface area contributed by atoms with Gasteiger partial charge in [-0.05, 0) is 23.3 Å². The van der Waals surface area contributed by atoms with E-state index in [1.807, 2.05) is 28.7 Å². The molecule has 0 radical (unpaired) electrons. The first-order chi connectivity index (χ1) is 12.3. The van der Waals surface area contributed by atoms with Crippen LogP contribution in [0.1, 0.15) is 5.56 Å². The van der Waals surface area contributed by atoms with E-state index in [9.17, 15) is 4.39 Å². The number of ether oxygens (including phenoxy) is 1. The lowest BCUT2D eigenvalue weighted by molar-refractivity contribution is 0.386. The summed E-state index contributed by atoms with van der Waals surface area (Å²) in [6.45, 7) is 0. The van der Waals surface area contributed by atoms with Gasteiger partial charge in [-0.1, -0.05) is 48.2 Å². The maximum atomic E-state index is 13.8. The third kappa shape index (κ3) is 3.12. The zero-order chi connectivity index (χ0) is 17.2. The van der Waals surface area contributed by atoms with E-state index in [-0.39, 0.29) is 11.6 Å². The summed E-state index contributed by atoms with van der Waals surface area (Å²) < 4.78 is 20.8. The Bertz CT molecular complexity index is 1010. The molecule has 0 fully saturated rings. The number of hydrogen-bond donors (Lipinski definition) is 0. The van der Waals surface area contributed by atoms with Crippen molar-refractivity contribution in [1.82, 2.24) is 14.6 Å². The first-order valence-corrected chi connectivity index (χ1v) is 9.46. The van der Waals surface area contributed by atoms with Crippen molar-refractivity contribution in [3.05, 3.63) is 65.3 Å².